The summed E-state index contributed by atoms with van der Waals surface area (Å²) in [5.41, 5.74) is 1.93. The standard InChI is InChI=1S/C11H13ClN2O2/c1-7-10(14-5-9(16)6-15)3-2-8(4-13)11(7)12/h2-3,9,14-16H,5-6H2,1H3/t9-/m0/s1. The van der Waals surface area contributed by atoms with Crippen LogP contribution in [-0.2, 0) is 0 Å². The number of rotatable bonds is 4. The van der Waals surface area contributed by atoms with Gasteiger partial charge < -0.3 is 15.5 Å². The first kappa shape index (κ1) is 12.8. The van der Waals surface area contributed by atoms with Crippen LogP contribution >= 0.6 is 11.6 Å². The van der Waals surface area contributed by atoms with Gasteiger partial charge in [0, 0.05) is 12.2 Å². The predicted octanol–water partition coefficient (Wildman–Crippen LogP) is 1.29. The number of anilines is 1. The summed E-state index contributed by atoms with van der Waals surface area (Å²) in [6.45, 7) is 1.73. The van der Waals surface area contributed by atoms with Crippen LogP contribution in [0.2, 0.25) is 5.02 Å². The number of aliphatic hydroxyl groups excluding tert-OH is 2. The third-order valence-electron chi connectivity index (χ3n) is 2.25. The lowest BCUT2D eigenvalue weighted by molar-refractivity contribution is 0.105. The normalized spacial score (nSPS) is 11.9. The van der Waals surface area contributed by atoms with Gasteiger partial charge in [-0.25, -0.2) is 0 Å². The molecule has 5 heteroatoms. The van der Waals surface area contributed by atoms with Crippen LogP contribution in [-0.4, -0.2) is 29.5 Å². The van der Waals surface area contributed by atoms with Crippen LogP contribution in [0.1, 0.15) is 11.1 Å². The molecule has 4 nitrogen and oxygen atoms in total. The lowest BCUT2D eigenvalue weighted by Crippen LogP contribution is -2.23. The van der Waals surface area contributed by atoms with E-state index < -0.39 is 6.10 Å². The third kappa shape index (κ3) is 2.86. The minimum Gasteiger partial charge on any atom is -0.394 e. The highest BCUT2D eigenvalue weighted by molar-refractivity contribution is 6.32. The molecule has 0 bridgehead atoms. The Bertz CT molecular complexity index is 415. The first-order valence-electron chi connectivity index (χ1n) is 4.82. The number of halogens is 1. The molecule has 1 aromatic carbocycles. The summed E-state index contributed by atoms with van der Waals surface area (Å²) in [5, 5.41) is 30.0. The van der Waals surface area contributed by atoms with Crippen molar-refractivity contribution >= 4 is 17.3 Å². The topological polar surface area (TPSA) is 76.3 Å². The molecular formula is C11H13ClN2O2. The van der Waals surface area contributed by atoms with Crippen molar-refractivity contribution in [1.82, 2.24) is 0 Å². The number of hydrogen-bond acceptors (Lipinski definition) is 4. The fourth-order valence-corrected chi connectivity index (χ4v) is 1.46. The van der Waals surface area contributed by atoms with Crippen LogP contribution in [0.5, 0.6) is 0 Å². The Morgan fingerprint density at radius 3 is 2.81 bits per heavy atom. The summed E-state index contributed by atoms with van der Waals surface area (Å²) >= 11 is 5.97. The summed E-state index contributed by atoms with van der Waals surface area (Å²) in [6.07, 6.45) is -0.811. The molecule has 0 unspecified atom stereocenters. The zero-order chi connectivity index (χ0) is 12.1. The molecule has 1 rings (SSSR count). The summed E-state index contributed by atoms with van der Waals surface area (Å²) in [7, 11) is 0. The minimum atomic E-state index is -0.811. The van der Waals surface area contributed by atoms with Crippen molar-refractivity contribution in [1.29, 1.82) is 5.26 Å². The van der Waals surface area contributed by atoms with E-state index in [4.69, 9.17) is 22.0 Å². The fraction of sp³-hybridized carbons (Fsp3) is 0.364. The minimum absolute atomic E-state index is 0.236. The van der Waals surface area contributed by atoms with Crippen LogP contribution in [0.4, 0.5) is 5.69 Å². The molecule has 0 aliphatic carbocycles. The van der Waals surface area contributed by atoms with Crippen molar-refractivity contribution in [3.05, 3.63) is 28.3 Å². The van der Waals surface area contributed by atoms with E-state index >= 15 is 0 Å². The van der Waals surface area contributed by atoms with Crippen molar-refractivity contribution in [3.63, 3.8) is 0 Å². The van der Waals surface area contributed by atoms with Crippen molar-refractivity contribution in [2.75, 3.05) is 18.5 Å². The number of nitrogens with one attached hydrogen (secondary N) is 1. The summed E-state index contributed by atoms with van der Waals surface area (Å²) in [5.74, 6) is 0. The van der Waals surface area contributed by atoms with Crippen LogP contribution in [0.25, 0.3) is 0 Å². The zero-order valence-electron chi connectivity index (χ0n) is 8.87. The van der Waals surface area contributed by atoms with Gasteiger partial charge in [0.25, 0.3) is 0 Å². The maximum absolute atomic E-state index is 9.18. The van der Waals surface area contributed by atoms with E-state index in [-0.39, 0.29) is 13.2 Å². The highest BCUT2D eigenvalue weighted by Crippen LogP contribution is 2.26. The van der Waals surface area contributed by atoms with Gasteiger partial charge >= 0.3 is 0 Å². The van der Waals surface area contributed by atoms with Crippen molar-refractivity contribution in [3.8, 4) is 6.07 Å². The smallest absolute Gasteiger partial charge is 0.101 e. The average molecular weight is 241 g/mol. The largest absolute Gasteiger partial charge is 0.394 e. The monoisotopic (exact) mass is 240 g/mol. The molecule has 0 aliphatic rings. The molecule has 0 saturated carbocycles. The quantitative estimate of drug-likeness (QED) is 0.741. The van der Waals surface area contributed by atoms with Gasteiger partial charge in [0.15, 0.2) is 0 Å². The highest BCUT2D eigenvalue weighted by atomic mass is 35.5. The summed E-state index contributed by atoms with van der Waals surface area (Å²) < 4.78 is 0. The van der Waals surface area contributed by atoms with Gasteiger partial charge in [-0.3, -0.25) is 0 Å². The van der Waals surface area contributed by atoms with E-state index in [1.54, 1.807) is 19.1 Å². The molecular weight excluding hydrogens is 228 g/mol. The van der Waals surface area contributed by atoms with Crippen molar-refractivity contribution in [2.45, 2.75) is 13.0 Å². The van der Waals surface area contributed by atoms with E-state index in [0.717, 1.165) is 11.3 Å². The third-order valence-corrected chi connectivity index (χ3v) is 2.73. The van der Waals surface area contributed by atoms with Crippen molar-refractivity contribution < 1.29 is 10.2 Å². The second-order valence-corrected chi connectivity index (χ2v) is 3.81. The van der Waals surface area contributed by atoms with Gasteiger partial charge in [0.2, 0.25) is 0 Å². The summed E-state index contributed by atoms with van der Waals surface area (Å²) in [4.78, 5) is 0. The van der Waals surface area contributed by atoms with Crippen LogP contribution in [0.3, 0.4) is 0 Å². The van der Waals surface area contributed by atoms with Crippen molar-refractivity contribution in [2.24, 2.45) is 0 Å². The first-order valence-corrected chi connectivity index (χ1v) is 5.20. The molecule has 16 heavy (non-hydrogen) atoms. The fourth-order valence-electron chi connectivity index (χ4n) is 1.26. The highest BCUT2D eigenvalue weighted by Gasteiger charge is 2.08. The second kappa shape index (κ2) is 5.71. The first-order chi connectivity index (χ1) is 7.60. The average Bonchev–Trinajstić information content (AvgIpc) is 2.30. The lowest BCUT2D eigenvalue weighted by atomic mass is 10.1. The Morgan fingerprint density at radius 2 is 2.25 bits per heavy atom. The van der Waals surface area contributed by atoms with Crippen LogP contribution in [0, 0.1) is 18.3 Å². The molecule has 86 valence electrons. The lowest BCUT2D eigenvalue weighted by Gasteiger charge is -2.13. The van der Waals surface area contributed by atoms with E-state index in [9.17, 15) is 5.11 Å². The van der Waals surface area contributed by atoms with Gasteiger partial charge in [-0.15, -0.1) is 0 Å². The molecule has 0 spiro atoms. The maximum atomic E-state index is 9.18. The molecule has 0 amide bonds. The number of benzene rings is 1. The molecule has 0 saturated heterocycles. The second-order valence-electron chi connectivity index (χ2n) is 3.43. The van der Waals surface area contributed by atoms with E-state index in [1.807, 2.05) is 6.07 Å². The number of aliphatic hydroxyl groups is 2. The van der Waals surface area contributed by atoms with Gasteiger partial charge in [-0.2, -0.15) is 5.26 Å². The Morgan fingerprint density at radius 1 is 1.56 bits per heavy atom. The molecule has 1 atom stereocenters. The number of nitriles is 1. The van der Waals surface area contributed by atoms with Crippen LogP contribution < -0.4 is 5.32 Å². The summed E-state index contributed by atoms with van der Waals surface area (Å²) in [6, 6.07) is 5.33. The number of nitrogens with zero attached hydrogens (tertiary/aromatic N) is 1. The Kier molecular flexibility index (Phi) is 4.56. The van der Waals surface area contributed by atoms with Gasteiger partial charge in [-0.05, 0) is 24.6 Å². The number of hydrogen-bond donors (Lipinski definition) is 3. The van der Waals surface area contributed by atoms with Gasteiger partial charge in [-0.1, -0.05) is 11.6 Å². The predicted molar refractivity (Wildman–Crippen MR) is 62.5 cm³/mol. The van der Waals surface area contributed by atoms with Gasteiger partial charge in [0.05, 0.1) is 23.3 Å². The molecule has 0 radical (unpaired) electrons. The van der Waals surface area contributed by atoms with E-state index in [1.165, 1.54) is 0 Å². The molecule has 0 heterocycles. The van der Waals surface area contributed by atoms with Crippen LogP contribution in [0.15, 0.2) is 12.1 Å². The van der Waals surface area contributed by atoms with E-state index in [2.05, 4.69) is 5.32 Å². The Balaban J connectivity index is 2.84. The van der Waals surface area contributed by atoms with Gasteiger partial charge in [0.1, 0.15) is 6.07 Å². The Labute approximate surface area is 99.1 Å². The maximum Gasteiger partial charge on any atom is 0.101 e. The molecule has 1 aromatic rings. The molecule has 0 fully saturated rings. The van der Waals surface area contributed by atoms with E-state index in [0.29, 0.717) is 10.6 Å². The SMILES string of the molecule is Cc1c(NC[C@H](O)CO)ccc(C#N)c1Cl. The zero-order valence-corrected chi connectivity index (χ0v) is 9.62. The molecule has 0 aromatic heterocycles. The molecule has 0 aliphatic heterocycles. The Hall–Kier alpha value is -1.28. The molecule has 3 N–H and O–H groups in total.